The fourth-order valence-corrected chi connectivity index (χ4v) is 2.53. The first kappa shape index (κ1) is 22.0. The van der Waals surface area contributed by atoms with Gasteiger partial charge in [0.25, 0.3) is 0 Å². The van der Waals surface area contributed by atoms with Crippen LogP contribution in [0, 0.1) is 13.8 Å². The fourth-order valence-electron chi connectivity index (χ4n) is 2.53. The third kappa shape index (κ3) is 7.70. The largest absolute Gasteiger partial charge is 0.273 e. The number of aryl methyl sites for hydroxylation is 2. The van der Waals surface area contributed by atoms with E-state index in [1.54, 1.807) is 0 Å². The van der Waals surface area contributed by atoms with Crippen LogP contribution in [0.25, 0.3) is 0 Å². The number of nitrogens with one attached hydrogen (secondary N) is 2. The molecule has 0 heterocycles. The van der Waals surface area contributed by atoms with Crippen LogP contribution in [0.1, 0.15) is 55.4 Å². The molecule has 2 N–H and O–H groups in total. The topological polar surface area (TPSA) is 82.9 Å². The second-order valence-electron chi connectivity index (χ2n) is 7.05. The molecule has 2 amide bonds. The van der Waals surface area contributed by atoms with E-state index in [0.29, 0.717) is 6.42 Å². The number of amides is 2. The van der Waals surface area contributed by atoms with Crippen molar-refractivity contribution in [2.24, 2.45) is 10.2 Å². The second-order valence-corrected chi connectivity index (χ2v) is 7.05. The van der Waals surface area contributed by atoms with Gasteiger partial charge in [-0.05, 0) is 45.2 Å². The third-order valence-electron chi connectivity index (χ3n) is 4.44. The summed E-state index contributed by atoms with van der Waals surface area (Å²) in [5, 5.41) is 8.23. The van der Waals surface area contributed by atoms with Gasteiger partial charge >= 0.3 is 0 Å². The number of hydrazone groups is 2. The van der Waals surface area contributed by atoms with Crippen molar-refractivity contribution in [2.75, 3.05) is 0 Å². The van der Waals surface area contributed by atoms with Gasteiger partial charge in [-0.15, -0.1) is 0 Å². The van der Waals surface area contributed by atoms with Crippen LogP contribution in [0.3, 0.4) is 0 Å². The van der Waals surface area contributed by atoms with E-state index in [9.17, 15) is 9.59 Å². The predicted molar refractivity (Wildman–Crippen MR) is 117 cm³/mol. The molecule has 2 rings (SSSR count). The van der Waals surface area contributed by atoms with Crippen molar-refractivity contribution in [2.45, 2.75) is 47.0 Å². The molecule has 0 fully saturated rings. The van der Waals surface area contributed by atoms with Crippen molar-refractivity contribution in [1.82, 2.24) is 10.9 Å². The predicted octanol–water partition coefficient (Wildman–Crippen LogP) is 3.85. The van der Waals surface area contributed by atoms with Crippen molar-refractivity contribution in [1.29, 1.82) is 0 Å². The second kappa shape index (κ2) is 10.9. The van der Waals surface area contributed by atoms with Crippen LogP contribution in [-0.2, 0) is 9.59 Å². The van der Waals surface area contributed by atoms with E-state index in [1.807, 2.05) is 76.2 Å². The molecular formula is C23H28N4O2. The molecule has 0 saturated heterocycles. The molecule has 152 valence electrons. The summed E-state index contributed by atoms with van der Waals surface area (Å²) in [6.07, 6.45) is 0.868. The summed E-state index contributed by atoms with van der Waals surface area (Å²) in [5.41, 5.74) is 10.8. The van der Waals surface area contributed by atoms with Crippen molar-refractivity contribution in [3.8, 4) is 0 Å². The quantitative estimate of drug-likeness (QED) is 0.528. The smallest absolute Gasteiger partial charge is 0.240 e. The third-order valence-corrected chi connectivity index (χ3v) is 4.44. The zero-order chi connectivity index (χ0) is 21.2. The lowest BCUT2D eigenvalue weighted by atomic mass is 10.1. The van der Waals surface area contributed by atoms with Crippen molar-refractivity contribution in [3.05, 3.63) is 70.8 Å². The van der Waals surface area contributed by atoms with E-state index >= 15 is 0 Å². The maximum Gasteiger partial charge on any atom is 0.240 e. The molecular weight excluding hydrogens is 364 g/mol. The Labute approximate surface area is 172 Å². The van der Waals surface area contributed by atoms with E-state index in [4.69, 9.17) is 0 Å². The number of hydrogen-bond donors (Lipinski definition) is 2. The van der Waals surface area contributed by atoms with E-state index < -0.39 is 0 Å². The Bertz CT molecular complexity index is 822. The van der Waals surface area contributed by atoms with Gasteiger partial charge in [-0.25, -0.2) is 10.9 Å². The first-order chi connectivity index (χ1) is 13.8. The van der Waals surface area contributed by atoms with Gasteiger partial charge in [0.05, 0.1) is 11.4 Å². The molecule has 0 spiro atoms. The summed E-state index contributed by atoms with van der Waals surface area (Å²) in [5.74, 6) is -0.438. The van der Waals surface area contributed by atoms with Gasteiger partial charge in [0.1, 0.15) is 0 Å². The summed E-state index contributed by atoms with van der Waals surface area (Å²) in [6.45, 7) is 7.71. The van der Waals surface area contributed by atoms with Crippen LogP contribution in [0.15, 0.2) is 58.7 Å². The average Bonchev–Trinajstić information content (AvgIpc) is 2.71. The molecule has 0 atom stereocenters. The Morgan fingerprint density at radius 2 is 1.03 bits per heavy atom. The molecule has 0 aromatic heterocycles. The molecule has 0 unspecified atom stereocenters. The summed E-state index contributed by atoms with van der Waals surface area (Å²) < 4.78 is 0. The summed E-state index contributed by atoms with van der Waals surface area (Å²) in [7, 11) is 0. The Morgan fingerprint density at radius 1 is 0.690 bits per heavy atom. The lowest BCUT2D eigenvalue weighted by molar-refractivity contribution is -0.122. The average molecular weight is 393 g/mol. The Hall–Kier alpha value is -3.28. The number of hydrogen-bond acceptors (Lipinski definition) is 4. The number of carbonyl (C=O) groups is 2. The van der Waals surface area contributed by atoms with Gasteiger partial charge in [0, 0.05) is 12.8 Å². The normalized spacial score (nSPS) is 11.9. The molecule has 0 saturated carbocycles. The van der Waals surface area contributed by atoms with Crippen molar-refractivity contribution in [3.63, 3.8) is 0 Å². The molecule has 0 bridgehead atoms. The maximum absolute atomic E-state index is 11.9. The SMILES string of the molecule is C/C(=N\NC(=O)CCCC(=O)N/N=C(\C)c1ccc(C)cc1)c1ccc(C)cc1. The van der Waals surface area contributed by atoms with Gasteiger partial charge in [-0.2, -0.15) is 10.2 Å². The monoisotopic (exact) mass is 392 g/mol. The van der Waals surface area contributed by atoms with E-state index in [0.717, 1.165) is 22.6 Å². The summed E-state index contributed by atoms with van der Waals surface area (Å²) in [4.78, 5) is 23.8. The maximum atomic E-state index is 11.9. The van der Waals surface area contributed by atoms with Gasteiger partial charge < -0.3 is 0 Å². The minimum absolute atomic E-state index is 0.219. The van der Waals surface area contributed by atoms with Crippen LogP contribution in [0.4, 0.5) is 0 Å². The molecule has 2 aromatic carbocycles. The number of carbonyl (C=O) groups excluding carboxylic acids is 2. The van der Waals surface area contributed by atoms with Crippen LogP contribution >= 0.6 is 0 Å². The van der Waals surface area contributed by atoms with Crippen molar-refractivity contribution < 1.29 is 9.59 Å². The lowest BCUT2D eigenvalue weighted by Gasteiger charge is -2.05. The molecule has 6 heteroatoms. The highest BCUT2D eigenvalue weighted by molar-refractivity contribution is 5.99. The van der Waals surface area contributed by atoms with Gasteiger partial charge in [-0.1, -0.05) is 59.7 Å². The van der Waals surface area contributed by atoms with Crippen LogP contribution in [0.2, 0.25) is 0 Å². The molecule has 6 nitrogen and oxygen atoms in total. The van der Waals surface area contributed by atoms with E-state index in [-0.39, 0.29) is 24.7 Å². The standard InChI is InChI=1S/C23H28N4O2/c1-16-8-12-20(13-9-16)18(3)24-26-22(28)6-5-7-23(29)27-25-19(4)21-14-10-17(2)11-15-21/h8-15H,5-7H2,1-4H3,(H,26,28)(H,27,29)/b24-18+,25-19+. The van der Waals surface area contributed by atoms with Crippen LogP contribution in [-0.4, -0.2) is 23.2 Å². The van der Waals surface area contributed by atoms with E-state index in [1.165, 1.54) is 11.1 Å². The zero-order valence-electron chi connectivity index (χ0n) is 17.5. The summed E-state index contributed by atoms with van der Waals surface area (Å²) >= 11 is 0. The van der Waals surface area contributed by atoms with Crippen molar-refractivity contribution >= 4 is 23.2 Å². The fraction of sp³-hybridized carbons (Fsp3) is 0.304. The molecule has 0 aliphatic carbocycles. The number of benzene rings is 2. The zero-order valence-corrected chi connectivity index (χ0v) is 17.5. The lowest BCUT2D eigenvalue weighted by Crippen LogP contribution is -2.21. The van der Waals surface area contributed by atoms with Gasteiger partial charge in [0.15, 0.2) is 0 Å². The first-order valence-corrected chi connectivity index (χ1v) is 9.65. The van der Waals surface area contributed by atoms with Crippen LogP contribution < -0.4 is 10.9 Å². The highest BCUT2D eigenvalue weighted by Gasteiger charge is 2.06. The first-order valence-electron chi connectivity index (χ1n) is 9.65. The van der Waals surface area contributed by atoms with E-state index in [2.05, 4.69) is 21.1 Å². The Kier molecular flexibility index (Phi) is 8.27. The number of rotatable bonds is 8. The molecule has 0 aliphatic rings. The minimum atomic E-state index is -0.219. The summed E-state index contributed by atoms with van der Waals surface area (Å²) in [6, 6.07) is 15.8. The molecule has 29 heavy (non-hydrogen) atoms. The highest BCUT2D eigenvalue weighted by Crippen LogP contribution is 2.05. The molecule has 2 aromatic rings. The van der Waals surface area contributed by atoms with Gasteiger partial charge in [-0.3, -0.25) is 9.59 Å². The molecule has 0 radical (unpaired) electrons. The Balaban J connectivity index is 1.71. The highest BCUT2D eigenvalue weighted by atomic mass is 16.2. The minimum Gasteiger partial charge on any atom is -0.273 e. The molecule has 0 aliphatic heterocycles. The Morgan fingerprint density at radius 3 is 1.38 bits per heavy atom. The van der Waals surface area contributed by atoms with Gasteiger partial charge in [0.2, 0.25) is 11.8 Å². The number of nitrogens with zero attached hydrogens (tertiary/aromatic N) is 2. The van der Waals surface area contributed by atoms with Crippen LogP contribution in [0.5, 0.6) is 0 Å².